The molecule has 1 aliphatic carbocycles. The van der Waals surface area contributed by atoms with Crippen LogP contribution in [0.2, 0.25) is 0 Å². The minimum Gasteiger partial charge on any atom is -0.456 e. The molecule has 3 rings (SSSR count). The summed E-state index contributed by atoms with van der Waals surface area (Å²) in [6.45, 7) is 1.98. The highest BCUT2D eigenvalue weighted by atomic mass is 19.1. The number of carbonyl (C=O) groups excluding carboxylic acids is 1. The molecule has 1 saturated carbocycles. The van der Waals surface area contributed by atoms with Gasteiger partial charge in [0, 0.05) is 6.42 Å². The first kappa shape index (κ1) is 13.9. The Morgan fingerprint density at radius 3 is 2.57 bits per heavy atom. The van der Waals surface area contributed by atoms with E-state index in [9.17, 15) is 9.18 Å². The number of aryl methyl sites for hydroxylation is 1. The van der Waals surface area contributed by atoms with Crippen LogP contribution in [0.1, 0.15) is 47.7 Å². The number of hydrogen-bond acceptors (Lipinski definition) is 2. The van der Waals surface area contributed by atoms with Gasteiger partial charge in [0.05, 0.1) is 6.04 Å². The minimum absolute atomic E-state index is 0.0757. The van der Waals surface area contributed by atoms with E-state index < -0.39 is 0 Å². The number of furan rings is 1. The van der Waals surface area contributed by atoms with Gasteiger partial charge in [0.1, 0.15) is 11.6 Å². The van der Waals surface area contributed by atoms with Gasteiger partial charge in [-0.15, -0.1) is 0 Å². The molecular formula is C17H18FNO2. The molecule has 1 aromatic heterocycles. The Balaban J connectivity index is 1.76. The summed E-state index contributed by atoms with van der Waals surface area (Å²) in [5.74, 6) is 1.08. The number of rotatable bonds is 5. The number of carbonyl (C=O) groups is 1. The highest BCUT2D eigenvalue weighted by Gasteiger charge is 2.34. The van der Waals surface area contributed by atoms with E-state index in [1.807, 2.05) is 13.0 Å². The maximum absolute atomic E-state index is 13.0. The van der Waals surface area contributed by atoms with E-state index in [-0.39, 0.29) is 17.8 Å². The molecule has 0 radical (unpaired) electrons. The standard InChI is InChI=1S/C17H18FNO2/c1-2-14-9-10-15(21-14)17(20)19-16(11-3-4-11)12-5-7-13(18)8-6-12/h5-11,16H,2-4H2,1H3,(H,19,20). The number of nitrogens with one attached hydrogen (secondary N) is 1. The molecule has 1 heterocycles. The summed E-state index contributed by atoms with van der Waals surface area (Å²) < 4.78 is 18.5. The smallest absolute Gasteiger partial charge is 0.287 e. The van der Waals surface area contributed by atoms with Crippen LogP contribution in [0.25, 0.3) is 0 Å². The molecule has 0 aliphatic heterocycles. The van der Waals surface area contributed by atoms with Crippen molar-refractivity contribution in [2.24, 2.45) is 5.92 Å². The van der Waals surface area contributed by atoms with Crippen LogP contribution >= 0.6 is 0 Å². The van der Waals surface area contributed by atoms with Gasteiger partial charge >= 0.3 is 0 Å². The summed E-state index contributed by atoms with van der Waals surface area (Å²) in [4.78, 5) is 12.3. The SMILES string of the molecule is CCc1ccc(C(=O)NC(c2ccc(F)cc2)C2CC2)o1. The second-order valence-electron chi connectivity index (χ2n) is 5.46. The van der Waals surface area contributed by atoms with E-state index in [4.69, 9.17) is 4.42 Å². The van der Waals surface area contributed by atoms with Crippen molar-refractivity contribution in [3.05, 3.63) is 59.3 Å². The summed E-state index contributed by atoms with van der Waals surface area (Å²) in [5, 5.41) is 3.01. The molecule has 21 heavy (non-hydrogen) atoms. The van der Waals surface area contributed by atoms with Gasteiger partial charge in [-0.1, -0.05) is 19.1 Å². The molecule has 4 heteroatoms. The Morgan fingerprint density at radius 2 is 2.00 bits per heavy atom. The van der Waals surface area contributed by atoms with Crippen LogP contribution in [0.3, 0.4) is 0 Å². The van der Waals surface area contributed by atoms with Gasteiger partial charge < -0.3 is 9.73 Å². The van der Waals surface area contributed by atoms with Crippen LogP contribution in [0.5, 0.6) is 0 Å². The van der Waals surface area contributed by atoms with Gasteiger partial charge in [-0.3, -0.25) is 4.79 Å². The van der Waals surface area contributed by atoms with Crippen molar-refractivity contribution in [2.75, 3.05) is 0 Å². The number of benzene rings is 1. The largest absolute Gasteiger partial charge is 0.456 e. The Kier molecular flexibility index (Phi) is 3.78. The fourth-order valence-electron chi connectivity index (χ4n) is 2.48. The topological polar surface area (TPSA) is 42.2 Å². The normalized spacial score (nSPS) is 15.7. The Bertz CT molecular complexity index is 628. The van der Waals surface area contributed by atoms with Gasteiger partial charge in [0.25, 0.3) is 5.91 Å². The molecule has 1 unspecified atom stereocenters. The first-order chi connectivity index (χ1) is 10.2. The molecule has 1 aliphatic rings. The monoisotopic (exact) mass is 287 g/mol. The van der Waals surface area contributed by atoms with Crippen molar-refractivity contribution in [3.8, 4) is 0 Å². The van der Waals surface area contributed by atoms with Crippen LogP contribution in [0.4, 0.5) is 4.39 Å². The molecule has 1 aromatic carbocycles. The molecule has 1 atom stereocenters. The Hall–Kier alpha value is -2.10. The van der Waals surface area contributed by atoms with Crippen LogP contribution < -0.4 is 5.32 Å². The van der Waals surface area contributed by atoms with Crippen LogP contribution in [0.15, 0.2) is 40.8 Å². The zero-order valence-corrected chi connectivity index (χ0v) is 11.9. The molecule has 1 fully saturated rings. The molecule has 0 bridgehead atoms. The second kappa shape index (κ2) is 5.72. The molecular weight excluding hydrogens is 269 g/mol. The maximum Gasteiger partial charge on any atom is 0.287 e. The van der Waals surface area contributed by atoms with Gasteiger partial charge in [0.15, 0.2) is 5.76 Å². The maximum atomic E-state index is 13.0. The van der Waals surface area contributed by atoms with E-state index in [1.54, 1.807) is 18.2 Å². The summed E-state index contributed by atoms with van der Waals surface area (Å²) in [7, 11) is 0. The molecule has 110 valence electrons. The number of halogens is 1. The lowest BCUT2D eigenvalue weighted by atomic mass is 10.0. The third-order valence-corrected chi connectivity index (χ3v) is 3.84. The zero-order chi connectivity index (χ0) is 14.8. The fourth-order valence-corrected chi connectivity index (χ4v) is 2.48. The van der Waals surface area contributed by atoms with Gasteiger partial charge in [-0.2, -0.15) is 0 Å². The lowest BCUT2D eigenvalue weighted by Crippen LogP contribution is -2.29. The van der Waals surface area contributed by atoms with E-state index in [1.165, 1.54) is 12.1 Å². The summed E-state index contributed by atoms with van der Waals surface area (Å²) in [5.41, 5.74) is 0.939. The molecule has 0 spiro atoms. The van der Waals surface area contributed by atoms with Crippen molar-refractivity contribution in [2.45, 2.75) is 32.2 Å². The lowest BCUT2D eigenvalue weighted by Gasteiger charge is -2.18. The molecule has 2 aromatic rings. The predicted molar refractivity (Wildman–Crippen MR) is 77.4 cm³/mol. The number of amides is 1. The van der Waals surface area contributed by atoms with Crippen molar-refractivity contribution >= 4 is 5.91 Å². The average molecular weight is 287 g/mol. The fraction of sp³-hybridized carbons (Fsp3) is 0.353. The Labute approximate surface area is 123 Å². The first-order valence-corrected chi connectivity index (χ1v) is 7.32. The van der Waals surface area contributed by atoms with Gasteiger partial charge in [-0.05, 0) is 48.6 Å². The molecule has 0 saturated heterocycles. The van der Waals surface area contributed by atoms with E-state index in [2.05, 4.69) is 5.32 Å². The summed E-state index contributed by atoms with van der Waals surface area (Å²) >= 11 is 0. The second-order valence-corrected chi connectivity index (χ2v) is 5.46. The van der Waals surface area contributed by atoms with Gasteiger partial charge in [0.2, 0.25) is 0 Å². The first-order valence-electron chi connectivity index (χ1n) is 7.32. The van der Waals surface area contributed by atoms with Crippen molar-refractivity contribution in [1.82, 2.24) is 5.32 Å². The molecule has 1 amide bonds. The Morgan fingerprint density at radius 1 is 1.29 bits per heavy atom. The number of hydrogen-bond donors (Lipinski definition) is 1. The minimum atomic E-state index is -0.266. The van der Waals surface area contributed by atoms with Crippen LogP contribution in [-0.2, 0) is 6.42 Å². The molecule has 1 N–H and O–H groups in total. The van der Waals surface area contributed by atoms with Crippen molar-refractivity contribution in [1.29, 1.82) is 0 Å². The highest BCUT2D eigenvalue weighted by Crippen LogP contribution is 2.41. The average Bonchev–Trinajstić information content (AvgIpc) is 3.22. The zero-order valence-electron chi connectivity index (χ0n) is 11.9. The van der Waals surface area contributed by atoms with Crippen molar-refractivity contribution in [3.63, 3.8) is 0 Å². The summed E-state index contributed by atoms with van der Waals surface area (Å²) in [6.07, 6.45) is 2.93. The van der Waals surface area contributed by atoms with E-state index in [0.717, 1.165) is 30.6 Å². The quantitative estimate of drug-likeness (QED) is 0.907. The predicted octanol–water partition coefficient (Wildman–Crippen LogP) is 3.86. The third-order valence-electron chi connectivity index (χ3n) is 3.84. The van der Waals surface area contributed by atoms with E-state index in [0.29, 0.717) is 11.7 Å². The highest BCUT2D eigenvalue weighted by molar-refractivity contribution is 5.91. The third kappa shape index (κ3) is 3.15. The summed E-state index contributed by atoms with van der Waals surface area (Å²) in [6, 6.07) is 9.77. The van der Waals surface area contributed by atoms with Crippen molar-refractivity contribution < 1.29 is 13.6 Å². The molecule has 3 nitrogen and oxygen atoms in total. The lowest BCUT2D eigenvalue weighted by molar-refractivity contribution is 0.0902. The van der Waals surface area contributed by atoms with Gasteiger partial charge in [-0.25, -0.2) is 4.39 Å². The van der Waals surface area contributed by atoms with Crippen LogP contribution in [-0.4, -0.2) is 5.91 Å². The van der Waals surface area contributed by atoms with E-state index >= 15 is 0 Å². The van der Waals surface area contributed by atoms with Crippen LogP contribution in [0, 0.1) is 11.7 Å².